The minimum Gasteiger partial charge on any atom is -0.399 e. The van der Waals surface area contributed by atoms with Crippen molar-refractivity contribution in [3.63, 3.8) is 0 Å². The molecule has 1 fully saturated rings. The quantitative estimate of drug-likeness (QED) is 0.705. The molecule has 1 spiro atoms. The molecule has 1 aromatic carbocycles. The molecule has 1 heterocycles. The third-order valence-electron chi connectivity index (χ3n) is 3.92. The Hall–Kier alpha value is -1.16. The fourth-order valence-corrected chi connectivity index (χ4v) is 2.87. The van der Waals surface area contributed by atoms with Gasteiger partial charge in [-0.2, -0.15) is 0 Å². The van der Waals surface area contributed by atoms with E-state index in [0.717, 1.165) is 11.1 Å². The second-order valence-electron chi connectivity index (χ2n) is 5.06. The van der Waals surface area contributed by atoms with Gasteiger partial charge in [0.2, 0.25) is 5.92 Å². The lowest BCUT2D eigenvalue weighted by Crippen LogP contribution is -2.36. The number of fused-ring (bicyclic) bond motifs is 2. The van der Waals surface area contributed by atoms with E-state index in [4.69, 9.17) is 10.5 Å². The summed E-state index contributed by atoms with van der Waals surface area (Å²) in [6, 6.07) is 5.65. The molecule has 0 aromatic heterocycles. The van der Waals surface area contributed by atoms with Gasteiger partial charge in [0, 0.05) is 18.5 Å². The molecule has 1 aliphatic heterocycles. The molecule has 2 N–H and O–H groups in total. The lowest BCUT2D eigenvalue weighted by molar-refractivity contribution is -0.130. The average molecular weight is 239 g/mol. The maximum absolute atomic E-state index is 13.2. The lowest BCUT2D eigenvalue weighted by Gasteiger charge is -2.37. The third-order valence-corrected chi connectivity index (χ3v) is 3.92. The maximum atomic E-state index is 13.2. The fraction of sp³-hybridized carbons (Fsp3) is 0.538. The number of nitrogen functional groups attached to an aromatic ring is 1. The molecule has 0 saturated heterocycles. The van der Waals surface area contributed by atoms with Crippen LogP contribution in [0.2, 0.25) is 0 Å². The largest absolute Gasteiger partial charge is 0.399 e. The van der Waals surface area contributed by atoms with E-state index in [-0.39, 0.29) is 12.8 Å². The standard InChI is InChI=1S/C13H15F2NO/c14-13(15)5-3-12(4-6-13)11-7-10(16)2-1-9(11)8-17-12/h1-2,7H,3-6,8,16H2. The monoisotopic (exact) mass is 239 g/mol. The van der Waals surface area contributed by atoms with Crippen molar-refractivity contribution in [2.45, 2.75) is 43.8 Å². The zero-order valence-corrected chi connectivity index (χ0v) is 9.51. The van der Waals surface area contributed by atoms with Gasteiger partial charge in [-0.1, -0.05) is 6.07 Å². The molecule has 0 radical (unpaired) electrons. The predicted octanol–water partition coefficient (Wildman–Crippen LogP) is 3.20. The Morgan fingerprint density at radius 2 is 1.82 bits per heavy atom. The molecule has 0 bridgehead atoms. The maximum Gasteiger partial charge on any atom is 0.248 e. The van der Waals surface area contributed by atoms with E-state index < -0.39 is 11.5 Å². The summed E-state index contributed by atoms with van der Waals surface area (Å²) >= 11 is 0. The molecule has 1 saturated carbocycles. The zero-order chi connectivity index (χ0) is 12.1. The van der Waals surface area contributed by atoms with Crippen molar-refractivity contribution < 1.29 is 13.5 Å². The summed E-state index contributed by atoms with van der Waals surface area (Å²) < 4.78 is 32.2. The number of hydrogen-bond donors (Lipinski definition) is 1. The highest BCUT2D eigenvalue weighted by atomic mass is 19.3. The zero-order valence-electron chi connectivity index (χ0n) is 9.51. The van der Waals surface area contributed by atoms with Gasteiger partial charge in [-0.3, -0.25) is 0 Å². The lowest BCUT2D eigenvalue weighted by atomic mass is 9.78. The number of rotatable bonds is 0. The van der Waals surface area contributed by atoms with Gasteiger partial charge in [0.1, 0.15) is 0 Å². The number of hydrogen-bond acceptors (Lipinski definition) is 2. The van der Waals surface area contributed by atoms with Gasteiger partial charge in [0.25, 0.3) is 0 Å². The van der Waals surface area contributed by atoms with Crippen LogP contribution in [0.1, 0.15) is 36.8 Å². The molecule has 3 rings (SSSR count). The Morgan fingerprint density at radius 3 is 2.53 bits per heavy atom. The molecular weight excluding hydrogens is 224 g/mol. The van der Waals surface area contributed by atoms with Crippen molar-refractivity contribution in [2.75, 3.05) is 5.73 Å². The predicted molar refractivity (Wildman–Crippen MR) is 60.7 cm³/mol. The van der Waals surface area contributed by atoms with Gasteiger partial charge >= 0.3 is 0 Å². The Bertz CT molecular complexity index is 449. The first-order valence-corrected chi connectivity index (χ1v) is 5.92. The SMILES string of the molecule is Nc1ccc2c(c1)C1(CCC(F)(F)CC1)OC2. The molecule has 0 unspecified atom stereocenters. The number of nitrogens with two attached hydrogens (primary N) is 1. The summed E-state index contributed by atoms with van der Waals surface area (Å²) in [6.45, 7) is 0.515. The second-order valence-corrected chi connectivity index (χ2v) is 5.06. The van der Waals surface area contributed by atoms with E-state index >= 15 is 0 Å². The second kappa shape index (κ2) is 3.42. The van der Waals surface area contributed by atoms with E-state index in [9.17, 15) is 8.78 Å². The van der Waals surface area contributed by atoms with E-state index in [1.165, 1.54) is 0 Å². The molecule has 17 heavy (non-hydrogen) atoms. The van der Waals surface area contributed by atoms with Crippen LogP contribution >= 0.6 is 0 Å². The number of anilines is 1. The van der Waals surface area contributed by atoms with Crippen LogP contribution in [0.5, 0.6) is 0 Å². The van der Waals surface area contributed by atoms with Gasteiger partial charge < -0.3 is 10.5 Å². The number of ether oxygens (including phenoxy) is 1. The summed E-state index contributed by atoms with van der Waals surface area (Å²) in [5, 5.41) is 0. The molecule has 0 amide bonds. The highest BCUT2D eigenvalue weighted by Gasteiger charge is 2.48. The summed E-state index contributed by atoms with van der Waals surface area (Å²) in [5.74, 6) is -2.53. The van der Waals surface area contributed by atoms with Crippen LogP contribution in [0.4, 0.5) is 14.5 Å². The molecule has 2 nitrogen and oxygen atoms in total. The van der Waals surface area contributed by atoms with Gasteiger partial charge in [-0.15, -0.1) is 0 Å². The third kappa shape index (κ3) is 1.71. The van der Waals surface area contributed by atoms with Crippen LogP contribution in [-0.2, 0) is 16.9 Å². The van der Waals surface area contributed by atoms with Crippen molar-refractivity contribution in [3.8, 4) is 0 Å². The Morgan fingerprint density at radius 1 is 1.12 bits per heavy atom. The van der Waals surface area contributed by atoms with Crippen molar-refractivity contribution >= 4 is 5.69 Å². The van der Waals surface area contributed by atoms with E-state index in [0.29, 0.717) is 25.1 Å². The van der Waals surface area contributed by atoms with Crippen LogP contribution < -0.4 is 5.73 Å². The van der Waals surface area contributed by atoms with Crippen molar-refractivity contribution in [2.24, 2.45) is 0 Å². The highest BCUT2D eigenvalue weighted by molar-refractivity contribution is 5.48. The van der Waals surface area contributed by atoms with E-state index in [2.05, 4.69) is 0 Å². The van der Waals surface area contributed by atoms with Crippen LogP contribution in [-0.4, -0.2) is 5.92 Å². The summed E-state index contributed by atoms with van der Waals surface area (Å²) in [5.41, 5.74) is 8.04. The molecule has 4 heteroatoms. The van der Waals surface area contributed by atoms with Crippen LogP contribution in [0.15, 0.2) is 18.2 Å². The van der Waals surface area contributed by atoms with Gasteiger partial charge in [-0.25, -0.2) is 8.78 Å². The normalized spacial score (nSPS) is 24.8. The number of alkyl halides is 2. The molecule has 0 atom stereocenters. The number of benzene rings is 1. The smallest absolute Gasteiger partial charge is 0.248 e. The Balaban J connectivity index is 1.95. The molecule has 1 aliphatic carbocycles. The van der Waals surface area contributed by atoms with Crippen LogP contribution in [0.25, 0.3) is 0 Å². The summed E-state index contributed by atoms with van der Waals surface area (Å²) in [4.78, 5) is 0. The van der Waals surface area contributed by atoms with Crippen LogP contribution in [0.3, 0.4) is 0 Å². The fourth-order valence-electron chi connectivity index (χ4n) is 2.87. The first kappa shape index (κ1) is 11.0. The van der Waals surface area contributed by atoms with Crippen molar-refractivity contribution in [1.82, 2.24) is 0 Å². The first-order chi connectivity index (χ1) is 8.01. The molecule has 2 aliphatic rings. The Labute approximate surface area is 98.8 Å². The topological polar surface area (TPSA) is 35.2 Å². The minimum atomic E-state index is -2.53. The van der Waals surface area contributed by atoms with Crippen LogP contribution in [0, 0.1) is 0 Å². The molecular formula is C13H15F2NO. The van der Waals surface area contributed by atoms with Gasteiger partial charge in [0.05, 0.1) is 12.2 Å². The average Bonchev–Trinajstić information content (AvgIpc) is 2.63. The first-order valence-electron chi connectivity index (χ1n) is 5.92. The summed E-state index contributed by atoms with van der Waals surface area (Å²) in [7, 11) is 0. The Kier molecular flexibility index (Phi) is 2.20. The molecule has 1 aromatic rings. The van der Waals surface area contributed by atoms with E-state index in [1.807, 2.05) is 18.2 Å². The van der Waals surface area contributed by atoms with Crippen molar-refractivity contribution in [3.05, 3.63) is 29.3 Å². The minimum absolute atomic E-state index is 0.0960. The van der Waals surface area contributed by atoms with Gasteiger partial charge in [0.15, 0.2) is 0 Å². The summed E-state index contributed by atoms with van der Waals surface area (Å²) in [6.07, 6.45) is 0.579. The van der Waals surface area contributed by atoms with E-state index in [1.54, 1.807) is 0 Å². The van der Waals surface area contributed by atoms with Gasteiger partial charge in [-0.05, 0) is 36.1 Å². The highest BCUT2D eigenvalue weighted by Crippen LogP contribution is 2.50. The molecule has 92 valence electrons. The van der Waals surface area contributed by atoms with Crippen molar-refractivity contribution in [1.29, 1.82) is 0 Å². The number of halogens is 2.